The van der Waals surface area contributed by atoms with Crippen LogP contribution in [0.15, 0.2) is 30.5 Å². The summed E-state index contributed by atoms with van der Waals surface area (Å²) < 4.78 is 38.0. The van der Waals surface area contributed by atoms with Crippen molar-refractivity contribution in [2.24, 2.45) is 0 Å². The maximum absolute atomic E-state index is 12.7. The monoisotopic (exact) mass is 324 g/mol. The molecular weight excluding hydrogens is 305 g/mol. The van der Waals surface area contributed by atoms with E-state index in [0.29, 0.717) is 11.6 Å². The van der Waals surface area contributed by atoms with Gasteiger partial charge in [-0.1, -0.05) is 12.1 Å². The molecule has 0 spiro atoms. The number of halogens is 3. The molecule has 1 unspecified atom stereocenters. The van der Waals surface area contributed by atoms with Crippen LogP contribution in [0.1, 0.15) is 18.1 Å². The van der Waals surface area contributed by atoms with Crippen molar-refractivity contribution in [3.8, 4) is 11.3 Å². The van der Waals surface area contributed by atoms with Gasteiger partial charge in [0.15, 0.2) is 0 Å². The molecule has 7 heteroatoms. The van der Waals surface area contributed by atoms with Gasteiger partial charge >= 0.3 is 6.18 Å². The second-order valence-electron chi connectivity index (χ2n) is 5.94. The minimum Gasteiger partial charge on any atom is -0.312 e. The molecule has 0 saturated carbocycles. The molecule has 1 aliphatic rings. The van der Waals surface area contributed by atoms with Crippen LogP contribution >= 0.6 is 0 Å². The van der Waals surface area contributed by atoms with Gasteiger partial charge in [-0.3, -0.25) is 10.00 Å². The SMILES string of the molecule is CC1CN(Cc2cn[nH]c2-c2ccc(C(F)(F)F)cc2)CCN1. The number of benzene rings is 1. The molecule has 2 aromatic rings. The van der Waals surface area contributed by atoms with Gasteiger partial charge in [0, 0.05) is 37.8 Å². The highest BCUT2D eigenvalue weighted by Gasteiger charge is 2.30. The van der Waals surface area contributed by atoms with Crippen molar-refractivity contribution in [3.05, 3.63) is 41.6 Å². The zero-order chi connectivity index (χ0) is 16.4. The minimum atomic E-state index is -4.31. The van der Waals surface area contributed by atoms with Crippen molar-refractivity contribution in [1.29, 1.82) is 0 Å². The average molecular weight is 324 g/mol. The highest BCUT2D eigenvalue weighted by atomic mass is 19.4. The van der Waals surface area contributed by atoms with E-state index in [1.807, 2.05) is 0 Å². The summed E-state index contributed by atoms with van der Waals surface area (Å²) >= 11 is 0. The van der Waals surface area contributed by atoms with Gasteiger partial charge < -0.3 is 5.32 Å². The third-order valence-corrected chi connectivity index (χ3v) is 4.07. The van der Waals surface area contributed by atoms with E-state index in [1.165, 1.54) is 12.1 Å². The van der Waals surface area contributed by atoms with Crippen molar-refractivity contribution in [2.75, 3.05) is 19.6 Å². The van der Waals surface area contributed by atoms with Crippen molar-refractivity contribution in [3.63, 3.8) is 0 Å². The van der Waals surface area contributed by atoms with E-state index in [2.05, 4.69) is 27.3 Å². The molecule has 0 aliphatic carbocycles. The summed E-state index contributed by atoms with van der Waals surface area (Å²) in [6, 6.07) is 5.62. The maximum Gasteiger partial charge on any atom is 0.416 e. The van der Waals surface area contributed by atoms with E-state index < -0.39 is 11.7 Å². The maximum atomic E-state index is 12.7. The fraction of sp³-hybridized carbons (Fsp3) is 0.438. The number of hydrogen-bond acceptors (Lipinski definition) is 3. The lowest BCUT2D eigenvalue weighted by Gasteiger charge is -2.31. The normalized spacial score (nSPS) is 19.9. The van der Waals surface area contributed by atoms with Gasteiger partial charge in [-0.15, -0.1) is 0 Å². The molecule has 1 aliphatic heterocycles. The molecule has 0 bridgehead atoms. The molecule has 0 amide bonds. The molecular formula is C16H19F3N4. The van der Waals surface area contributed by atoms with Crippen LogP contribution in [0.5, 0.6) is 0 Å². The number of rotatable bonds is 3. The third-order valence-electron chi connectivity index (χ3n) is 4.07. The van der Waals surface area contributed by atoms with E-state index in [1.54, 1.807) is 6.20 Å². The minimum absolute atomic E-state index is 0.435. The molecule has 2 N–H and O–H groups in total. The molecule has 1 saturated heterocycles. The number of hydrogen-bond donors (Lipinski definition) is 2. The zero-order valence-electron chi connectivity index (χ0n) is 12.8. The Labute approximate surface area is 132 Å². The van der Waals surface area contributed by atoms with Crippen LogP contribution in [0.25, 0.3) is 11.3 Å². The predicted octanol–water partition coefficient (Wildman–Crippen LogP) is 2.89. The number of aromatic nitrogens is 2. The van der Waals surface area contributed by atoms with Crippen LogP contribution in [0.4, 0.5) is 13.2 Å². The van der Waals surface area contributed by atoms with Gasteiger partial charge in [0.2, 0.25) is 0 Å². The molecule has 1 fully saturated rings. The first-order valence-corrected chi connectivity index (χ1v) is 7.59. The molecule has 1 atom stereocenters. The lowest BCUT2D eigenvalue weighted by molar-refractivity contribution is -0.137. The number of nitrogens with zero attached hydrogens (tertiary/aromatic N) is 2. The molecule has 124 valence electrons. The molecule has 1 aromatic carbocycles. The Morgan fingerprint density at radius 1 is 1.26 bits per heavy atom. The Morgan fingerprint density at radius 3 is 2.65 bits per heavy atom. The number of piperazine rings is 1. The molecule has 3 rings (SSSR count). The predicted molar refractivity (Wildman–Crippen MR) is 81.8 cm³/mol. The fourth-order valence-electron chi connectivity index (χ4n) is 2.90. The Balaban J connectivity index is 1.78. The van der Waals surface area contributed by atoms with E-state index >= 15 is 0 Å². The van der Waals surface area contributed by atoms with Crippen LogP contribution in [0, 0.1) is 0 Å². The van der Waals surface area contributed by atoms with Crippen LogP contribution < -0.4 is 5.32 Å². The van der Waals surface area contributed by atoms with Crippen molar-refractivity contribution >= 4 is 0 Å². The van der Waals surface area contributed by atoms with Crippen molar-refractivity contribution in [1.82, 2.24) is 20.4 Å². The standard InChI is InChI=1S/C16H19F3N4/c1-11-9-23(7-6-20-11)10-13-8-21-22-15(13)12-2-4-14(5-3-12)16(17,18)19/h2-5,8,11,20H,6-7,9-10H2,1H3,(H,21,22). The van der Waals surface area contributed by atoms with Crippen molar-refractivity contribution in [2.45, 2.75) is 25.7 Å². The van der Waals surface area contributed by atoms with Gasteiger partial charge in [0.25, 0.3) is 0 Å². The van der Waals surface area contributed by atoms with Gasteiger partial charge in [0.05, 0.1) is 17.5 Å². The van der Waals surface area contributed by atoms with Gasteiger partial charge in [-0.25, -0.2) is 0 Å². The molecule has 4 nitrogen and oxygen atoms in total. The quantitative estimate of drug-likeness (QED) is 0.912. The second kappa shape index (κ2) is 6.33. The van der Waals surface area contributed by atoms with E-state index in [4.69, 9.17) is 0 Å². The lowest BCUT2D eigenvalue weighted by Crippen LogP contribution is -2.48. The molecule has 0 radical (unpaired) electrons. The van der Waals surface area contributed by atoms with Crippen LogP contribution in [-0.2, 0) is 12.7 Å². The largest absolute Gasteiger partial charge is 0.416 e. The summed E-state index contributed by atoms with van der Waals surface area (Å²) in [7, 11) is 0. The molecule has 1 aromatic heterocycles. The number of alkyl halides is 3. The van der Waals surface area contributed by atoms with Gasteiger partial charge in [-0.2, -0.15) is 18.3 Å². The lowest BCUT2D eigenvalue weighted by atomic mass is 10.1. The summed E-state index contributed by atoms with van der Waals surface area (Å²) in [6.07, 6.45) is -2.56. The summed E-state index contributed by atoms with van der Waals surface area (Å²) in [4.78, 5) is 2.32. The Kier molecular flexibility index (Phi) is 4.41. The molecule has 23 heavy (non-hydrogen) atoms. The first-order chi connectivity index (χ1) is 10.9. The van der Waals surface area contributed by atoms with Gasteiger partial charge in [-0.05, 0) is 24.6 Å². The topological polar surface area (TPSA) is 44.0 Å². The average Bonchev–Trinajstić information content (AvgIpc) is 2.94. The number of H-pyrrole nitrogens is 1. The van der Waals surface area contributed by atoms with Crippen LogP contribution in [0.3, 0.4) is 0 Å². The number of aromatic amines is 1. The Bertz CT molecular complexity index is 648. The van der Waals surface area contributed by atoms with Gasteiger partial charge in [0.1, 0.15) is 0 Å². The second-order valence-corrected chi connectivity index (χ2v) is 5.94. The first kappa shape index (κ1) is 16.0. The van der Waals surface area contributed by atoms with E-state index in [-0.39, 0.29) is 0 Å². The zero-order valence-corrected chi connectivity index (χ0v) is 12.8. The summed E-state index contributed by atoms with van der Waals surface area (Å²) in [5.74, 6) is 0. The Hall–Kier alpha value is -1.86. The molecule has 2 heterocycles. The number of nitrogens with one attached hydrogen (secondary N) is 2. The van der Waals surface area contributed by atoms with Crippen LogP contribution in [-0.4, -0.2) is 40.8 Å². The highest BCUT2D eigenvalue weighted by Crippen LogP contribution is 2.31. The fourth-order valence-corrected chi connectivity index (χ4v) is 2.90. The summed E-state index contributed by atoms with van der Waals surface area (Å²) in [5.41, 5.74) is 1.86. The third kappa shape index (κ3) is 3.73. The highest BCUT2D eigenvalue weighted by molar-refractivity contribution is 5.63. The van der Waals surface area contributed by atoms with Crippen LogP contribution in [0.2, 0.25) is 0 Å². The van der Waals surface area contributed by atoms with E-state index in [0.717, 1.165) is 49.6 Å². The van der Waals surface area contributed by atoms with E-state index in [9.17, 15) is 13.2 Å². The summed E-state index contributed by atoms with van der Waals surface area (Å²) in [6.45, 7) is 5.70. The summed E-state index contributed by atoms with van der Waals surface area (Å²) in [5, 5.41) is 10.4. The first-order valence-electron chi connectivity index (χ1n) is 7.59. The Morgan fingerprint density at radius 2 is 2.00 bits per heavy atom. The smallest absolute Gasteiger partial charge is 0.312 e. The van der Waals surface area contributed by atoms with Crippen molar-refractivity contribution < 1.29 is 13.2 Å².